The first-order valence-electron chi connectivity index (χ1n) is 10.6. The second-order valence-corrected chi connectivity index (χ2v) is 9.61. The fraction of sp³-hybridized carbons (Fsp3) is 0.478. The van der Waals surface area contributed by atoms with Crippen LogP contribution in [0.4, 0.5) is 4.39 Å². The van der Waals surface area contributed by atoms with Crippen LogP contribution in [0.1, 0.15) is 23.6 Å². The van der Waals surface area contributed by atoms with Gasteiger partial charge in [-0.25, -0.2) is 4.39 Å². The molecule has 0 unspecified atom stereocenters. The first kappa shape index (κ1) is 20.7. The van der Waals surface area contributed by atoms with Crippen molar-refractivity contribution >= 4 is 23.4 Å². The van der Waals surface area contributed by atoms with Gasteiger partial charge < -0.3 is 14.4 Å². The Balaban J connectivity index is 1.32. The Kier molecular flexibility index (Phi) is 6.32. The predicted molar refractivity (Wildman–Crippen MR) is 117 cm³/mol. The van der Waals surface area contributed by atoms with E-state index in [-0.39, 0.29) is 18.1 Å². The molecule has 2 saturated heterocycles. The van der Waals surface area contributed by atoms with E-state index in [0.717, 1.165) is 55.5 Å². The third-order valence-electron chi connectivity index (χ3n) is 6.21. The van der Waals surface area contributed by atoms with Crippen molar-refractivity contribution < 1.29 is 13.9 Å². The molecular formula is C23H26ClFN2O2S. The first-order valence-corrected chi connectivity index (χ1v) is 11.8. The molecule has 0 bridgehead atoms. The maximum Gasteiger partial charge on any atom is 0.159 e. The van der Waals surface area contributed by atoms with Crippen molar-refractivity contribution in [3.8, 4) is 0 Å². The molecular weight excluding hydrogens is 423 g/mol. The summed E-state index contributed by atoms with van der Waals surface area (Å²) in [5.41, 5.74) is 2.46. The minimum absolute atomic E-state index is 0.0371. The van der Waals surface area contributed by atoms with Crippen LogP contribution in [0.25, 0.3) is 0 Å². The number of piperazine rings is 1. The number of nitrogens with zero attached hydrogens (tertiary/aromatic N) is 2. The largest absolute Gasteiger partial charge is 0.350 e. The Bertz CT molecular complexity index is 901. The smallest absolute Gasteiger partial charge is 0.159 e. The molecule has 1 atom stereocenters. The lowest BCUT2D eigenvalue weighted by atomic mass is 9.96. The minimum Gasteiger partial charge on any atom is -0.350 e. The van der Waals surface area contributed by atoms with Crippen molar-refractivity contribution in [2.45, 2.75) is 35.0 Å². The Labute approximate surface area is 186 Å². The standard InChI is InChI=1S/C23H26ClFN2O2S/c24-17-1-4-21-16(13-17)14-20(19-3-2-18(25)15-22(19)30-21)27-9-7-26(8-10-27)6-5-23-28-11-12-29-23/h1-4,13,15,20,23H,5-12,14H2/t20-/m1/s1. The summed E-state index contributed by atoms with van der Waals surface area (Å²) in [6.45, 7) is 6.46. The number of halogens is 2. The summed E-state index contributed by atoms with van der Waals surface area (Å²) in [5.74, 6) is -0.182. The molecule has 30 heavy (non-hydrogen) atoms. The van der Waals surface area contributed by atoms with E-state index in [1.54, 1.807) is 23.9 Å². The SMILES string of the molecule is Fc1ccc2c(c1)Sc1ccc(Cl)cc1C[C@H]2N1CCN(CCC2OCCO2)CC1. The van der Waals surface area contributed by atoms with Crippen LogP contribution in [0.3, 0.4) is 0 Å². The molecule has 4 nitrogen and oxygen atoms in total. The van der Waals surface area contributed by atoms with E-state index < -0.39 is 0 Å². The summed E-state index contributed by atoms with van der Waals surface area (Å²) in [7, 11) is 0. The molecule has 2 aromatic carbocycles. The third kappa shape index (κ3) is 4.54. The summed E-state index contributed by atoms with van der Waals surface area (Å²) >= 11 is 7.95. The van der Waals surface area contributed by atoms with E-state index in [4.69, 9.17) is 21.1 Å². The highest BCUT2D eigenvalue weighted by Crippen LogP contribution is 2.44. The number of hydrogen-bond donors (Lipinski definition) is 0. The summed E-state index contributed by atoms with van der Waals surface area (Å²) in [6, 6.07) is 11.5. The highest BCUT2D eigenvalue weighted by atomic mass is 35.5. The van der Waals surface area contributed by atoms with Crippen LogP contribution in [-0.2, 0) is 15.9 Å². The van der Waals surface area contributed by atoms with E-state index in [1.807, 2.05) is 12.1 Å². The molecule has 160 valence electrons. The van der Waals surface area contributed by atoms with Crippen LogP contribution >= 0.6 is 23.4 Å². The third-order valence-corrected chi connectivity index (χ3v) is 7.64. The van der Waals surface area contributed by atoms with Crippen LogP contribution in [0.2, 0.25) is 5.02 Å². The monoisotopic (exact) mass is 448 g/mol. The lowest BCUT2D eigenvalue weighted by molar-refractivity contribution is -0.0538. The van der Waals surface area contributed by atoms with Crippen molar-refractivity contribution in [2.24, 2.45) is 0 Å². The highest BCUT2D eigenvalue weighted by Gasteiger charge is 2.30. The Morgan fingerprint density at radius 2 is 1.80 bits per heavy atom. The van der Waals surface area contributed by atoms with E-state index in [1.165, 1.54) is 16.0 Å². The van der Waals surface area contributed by atoms with Gasteiger partial charge in [-0.3, -0.25) is 4.90 Å². The van der Waals surface area contributed by atoms with Gasteiger partial charge in [0.15, 0.2) is 6.29 Å². The van der Waals surface area contributed by atoms with Gasteiger partial charge in [-0.05, 0) is 47.9 Å². The van der Waals surface area contributed by atoms with Gasteiger partial charge in [0.25, 0.3) is 0 Å². The molecule has 0 spiro atoms. The van der Waals surface area contributed by atoms with Crippen molar-refractivity contribution in [3.05, 3.63) is 58.4 Å². The molecule has 0 amide bonds. The lowest BCUT2D eigenvalue weighted by Crippen LogP contribution is -2.48. The van der Waals surface area contributed by atoms with Gasteiger partial charge in [0.05, 0.1) is 13.2 Å². The van der Waals surface area contributed by atoms with Crippen LogP contribution in [-0.4, -0.2) is 62.0 Å². The highest BCUT2D eigenvalue weighted by molar-refractivity contribution is 7.99. The van der Waals surface area contributed by atoms with Gasteiger partial charge in [-0.2, -0.15) is 0 Å². The molecule has 0 aromatic heterocycles. The van der Waals surface area contributed by atoms with Gasteiger partial charge in [0.1, 0.15) is 5.82 Å². The normalized spacial score (nSPS) is 23.2. The van der Waals surface area contributed by atoms with Crippen LogP contribution in [0.5, 0.6) is 0 Å². The number of benzene rings is 2. The quantitative estimate of drug-likeness (QED) is 0.680. The average Bonchev–Trinajstić information content (AvgIpc) is 3.22. The van der Waals surface area contributed by atoms with Crippen molar-refractivity contribution in [1.82, 2.24) is 9.80 Å². The Hall–Kier alpha value is -1.15. The number of fused-ring (bicyclic) bond motifs is 2. The predicted octanol–water partition coefficient (Wildman–Crippen LogP) is 4.61. The summed E-state index contributed by atoms with van der Waals surface area (Å²) in [5, 5.41) is 0.756. The van der Waals surface area contributed by atoms with Gasteiger partial charge in [-0.1, -0.05) is 29.4 Å². The van der Waals surface area contributed by atoms with Crippen molar-refractivity contribution in [1.29, 1.82) is 0 Å². The molecule has 0 aliphatic carbocycles. The molecule has 2 aromatic rings. The average molecular weight is 449 g/mol. The van der Waals surface area contributed by atoms with Crippen molar-refractivity contribution in [3.63, 3.8) is 0 Å². The van der Waals surface area contributed by atoms with Crippen LogP contribution < -0.4 is 0 Å². The van der Waals surface area contributed by atoms with Gasteiger partial charge in [0.2, 0.25) is 0 Å². The fourth-order valence-electron chi connectivity index (χ4n) is 4.60. The van der Waals surface area contributed by atoms with E-state index >= 15 is 0 Å². The molecule has 7 heteroatoms. The molecule has 2 fully saturated rings. The zero-order valence-electron chi connectivity index (χ0n) is 16.9. The number of ether oxygens (including phenoxy) is 2. The Morgan fingerprint density at radius 1 is 1.00 bits per heavy atom. The minimum atomic E-state index is -0.182. The maximum absolute atomic E-state index is 14.0. The van der Waals surface area contributed by atoms with Crippen LogP contribution in [0.15, 0.2) is 46.2 Å². The zero-order valence-corrected chi connectivity index (χ0v) is 18.4. The topological polar surface area (TPSA) is 24.9 Å². The van der Waals surface area contributed by atoms with E-state index in [2.05, 4.69) is 21.9 Å². The summed E-state index contributed by atoms with van der Waals surface area (Å²) in [6.07, 6.45) is 1.78. The van der Waals surface area contributed by atoms with Crippen LogP contribution in [0, 0.1) is 5.82 Å². The molecule has 0 saturated carbocycles. The molecule has 0 radical (unpaired) electrons. The molecule has 5 rings (SSSR count). The second-order valence-electron chi connectivity index (χ2n) is 8.09. The van der Waals surface area contributed by atoms with E-state index in [0.29, 0.717) is 13.2 Å². The first-order chi connectivity index (χ1) is 14.7. The molecule has 3 aliphatic rings. The fourth-order valence-corrected chi connectivity index (χ4v) is 5.94. The molecule has 0 N–H and O–H groups in total. The van der Waals surface area contributed by atoms with Gasteiger partial charge in [0, 0.05) is 60.0 Å². The maximum atomic E-state index is 14.0. The van der Waals surface area contributed by atoms with Crippen molar-refractivity contribution in [2.75, 3.05) is 45.9 Å². The zero-order chi connectivity index (χ0) is 20.5. The number of rotatable bonds is 4. The number of hydrogen-bond acceptors (Lipinski definition) is 5. The second kappa shape index (κ2) is 9.15. The summed E-state index contributed by atoms with van der Waals surface area (Å²) in [4.78, 5) is 7.22. The van der Waals surface area contributed by atoms with E-state index in [9.17, 15) is 4.39 Å². The lowest BCUT2D eigenvalue weighted by Gasteiger charge is -2.40. The molecule has 3 aliphatic heterocycles. The Morgan fingerprint density at radius 3 is 2.60 bits per heavy atom. The molecule has 3 heterocycles. The summed E-state index contributed by atoms with van der Waals surface area (Å²) < 4.78 is 25.2. The van der Waals surface area contributed by atoms with Gasteiger partial charge in [-0.15, -0.1) is 0 Å². The van der Waals surface area contributed by atoms with Gasteiger partial charge >= 0.3 is 0 Å².